The number of ether oxygens (including phenoxy) is 2. The van der Waals surface area contributed by atoms with Crippen molar-refractivity contribution in [3.8, 4) is 5.88 Å². The highest BCUT2D eigenvalue weighted by Crippen LogP contribution is 2.23. The molecule has 0 saturated carbocycles. The number of carbonyl (C=O) groups is 1. The summed E-state index contributed by atoms with van der Waals surface area (Å²) in [6.45, 7) is 4.85. The average molecular weight is 341 g/mol. The highest BCUT2D eigenvalue weighted by molar-refractivity contribution is 5.96. The van der Waals surface area contributed by atoms with Crippen LogP contribution in [0.4, 0.5) is 5.69 Å². The largest absolute Gasteiger partial charge is 0.470 e. The summed E-state index contributed by atoms with van der Waals surface area (Å²) in [5.41, 5.74) is 9.10. The molecule has 2 aromatic rings. The molecule has 2 heterocycles. The van der Waals surface area contributed by atoms with Crippen molar-refractivity contribution in [1.82, 2.24) is 9.88 Å². The van der Waals surface area contributed by atoms with Gasteiger partial charge in [0, 0.05) is 30.6 Å². The van der Waals surface area contributed by atoms with Crippen molar-refractivity contribution in [2.24, 2.45) is 0 Å². The van der Waals surface area contributed by atoms with Crippen LogP contribution in [0.2, 0.25) is 0 Å². The summed E-state index contributed by atoms with van der Waals surface area (Å²) >= 11 is 0. The third kappa shape index (κ3) is 3.74. The summed E-state index contributed by atoms with van der Waals surface area (Å²) in [6, 6.07) is 9.27. The van der Waals surface area contributed by atoms with Crippen LogP contribution in [0.1, 0.15) is 21.5 Å². The molecule has 2 atom stereocenters. The Kier molecular flexibility index (Phi) is 4.90. The molecule has 0 radical (unpaired) electrons. The number of amides is 1. The first kappa shape index (κ1) is 17.2. The molecule has 2 N–H and O–H groups in total. The normalized spacial score (nSPS) is 19.9. The molecule has 1 fully saturated rings. The summed E-state index contributed by atoms with van der Waals surface area (Å²) < 4.78 is 11.4. The minimum Gasteiger partial charge on any atom is -0.470 e. The Bertz CT molecular complexity index is 778. The van der Waals surface area contributed by atoms with Crippen molar-refractivity contribution in [2.75, 3.05) is 25.9 Å². The number of aryl methyl sites for hydroxylation is 2. The minimum atomic E-state index is -0.284. The third-order valence-corrected chi connectivity index (χ3v) is 4.46. The number of hydrogen-bond acceptors (Lipinski definition) is 5. The number of nitrogen functional groups attached to an aromatic ring is 1. The zero-order chi connectivity index (χ0) is 18.0. The molecule has 6 nitrogen and oxygen atoms in total. The van der Waals surface area contributed by atoms with Crippen LogP contribution in [-0.2, 0) is 4.74 Å². The predicted octanol–water partition coefficient (Wildman–Crippen LogP) is 2.20. The Labute approximate surface area is 147 Å². The van der Waals surface area contributed by atoms with Crippen LogP contribution >= 0.6 is 0 Å². The number of anilines is 1. The van der Waals surface area contributed by atoms with E-state index in [2.05, 4.69) is 4.98 Å². The predicted molar refractivity (Wildman–Crippen MR) is 95.7 cm³/mol. The molecule has 0 aliphatic carbocycles. The van der Waals surface area contributed by atoms with Gasteiger partial charge in [-0.2, -0.15) is 0 Å². The number of hydrogen-bond donors (Lipinski definition) is 1. The van der Waals surface area contributed by atoms with Crippen LogP contribution in [0.3, 0.4) is 0 Å². The molecular weight excluding hydrogens is 318 g/mol. The zero-order valence-corrected chi connectivity index (χ0v) is 14.7. The second kappa shape index (κ2) is 7.11. The maximum atomic E-state index is 12.9. The van der Waals surface area contributed by atoms with Gasteiger partial charge in [0.05, 0.1) is 13.1 Å². The van der Waals surface area contributed by atoms with Gasteiger partial charge in [-0.15, -0.1) is 0 Å². The molecule has 1 aliphatic heterocycles. The van der Waals surface area contributed by atoms with E-state index in [0.29, 0.717) is 24.7 Å². The molecule has 1 aromatic carbocycles. The topological polar surface area (TPSA) is 77.7 Å². The van der Waals surface area contributed by atoms with Gasteiger partial charge in [-0.05, 0) is 31.5 Å². The molecule has 6 heteroatoms. The van der Waals surface area contributed by atoms with Gasteiger partial charge in [-0.3, -0.25) is 4.79 Å². The van der Waals surface area contributed by atoms with Crippen LogP contribution in [-0.4, -0.2) is 48.2 Å². The Morgan fingerprint density at radius 2 is 1.96 bits per heavy atom. The van der Waals surface area contributed by atoms with E-state index >= 15 is 0 Å². The number of methoxy groups -OCH3 is 1. The van der Waals surface area contributed by atoms with E-state index in [4.69, 9.17) is 15.2 Å². The van der Waals surface area contributed by atoms with Gasteiger partial charge in [-0.1, -0.05) is 17.7 Å². The number of nitrogens with two attached hydrogens (primary N) is 1. The summed E-state index contributed by atoms with van der Waals surface area (Å²) in [7, 11) is 1.62. The maximum absolute atomic E-state index is 12.9. The Morgan fingerprint density at radius 3 is 2.68 bits per heavy atom. The Balaban J connectivity index is 1.76. The number of nitrogens with zero attached hydrogens (tertiary/aromatic N) is 2. The Morgan fingerprint density at radius 1 is 1.20 bits per heavy atom. The van der Waals surface area contributed by atoms with E-state index in [0.717, 1.165) is 16.7 Å². The summed E-state index contributed by atoms with van der Waals surface area (Å²) in [5, 5.41) is 0. The summed E-state index contributed by atoms with van der Waals surface area (Å²) in [5.74, 6) is 0.433. The lowest BCUT2D eigenvalue weighted by Crippen LogP contribution is -2.32. The highest BCUT2D eigenvalue weighted by Gasteiger charge is 2.38. The van der Waals surface area contributed by atoms with Crippen LogP contribution in [0, 0.1) is 13.8 Å². The van der Waals surface area contributed by atoms with Gasteiger partial charge >= 0.3 is 0 Å². The molecule has 1 saturated heterocycles. The molecule has 0 spiro atoms. The minimum absolute atomic E-state index is 0.00474. The monoisotopic (exact) mass is 341 g/mol. The quantitative estimate of drug-likeness (QED) is 0.922. The van der Waals surface area contributed by atoms with Gasteiger partial charge in [0.15, 0.2) is 0 Å². The van der Waals surface area contributed by atoms with E-state index in [9.17, 15) is 4.79 Å². The second-order valence-corrected chi connectivity index (χ2v) is 6.39. The lowest BCUT2D eigenvalue weighted by atomic mass is 10.0. The van der Waals surface area contributed by atoms with Crippen LogP contribution in [0.25, 0.3) is 0 Å². The van der Waals surface area contributed by atoms with Crippen LogP contribution in [0.5, 0.6) is 5.88 Å². The molecule has 2 unspecified atom stereocenters. The third-order valence-electron chi connectivity index (χ3n) is 4.46. The fourth-order valence-electron chi connectivity index (χ4n) is 3.03. The van der Waals surface area contributed by atoms with Crippen LogP contribution in [0.15, 0.2) is 36.5 Å². The number of pyridine rings is 1. The molecule has 0 bridgehead atoms. The molecule has 25 heavy (non-hydrogen) atoms. The van der Waals surface area contributed by atoms with Gasteiger partial charge in [0.1, 0.15) is 12.2 Å². The first-order chi connectivity index (χ1) is 12.0. The summed E-state index contributed by atoms with van der Waals surface area (Å²) in [6.07, 6.45) is 1.10. The lowest BCUT2D eigenvalue weighted by molar-refractivity contribution is 0.0320. The first-order valence-corrected chi connectivity index (χ1v) is 8.25. The van der Waals surface area contributed by atoms with Crippen LogP contribution < -0.4 is 10.5 Å². The van der Waals surface area contributed by atoms with Gasteiger partial charge in [0.2, 0.25) is 5.88 Å². The van der Waals surface area contributed by atoms with Crippen molar-refractivity contribution < 1.29 is 14.3 Å². The molecule has 1 aromatic heterocycles. The van der Waals surface area contributed by atoms with Crippen molar-refractivity contribution in [2.45, 2.75) is 26.1 Å². The first-order valence-electron chi connectivity index (χ1n) is 8.25. The standard InChI is InChI=1S/C19H23N3O3/c1-12-4-5-13(2)15(8-12)19(23)22-10-16(24-3)17(11-22)25-18-9-14(20)6-7-21-18/h4-9,16-17H,10-11H2,1-3H3,(H2,20,21). The van der Waals surface area contributed by atoms with E-state index in [1.165, 1.54) is 0 Å². The average Bonchev–Trinajstić information content (AvgIpc) is 2.99. The molecule has 132 valence electrons. The van der Waals surface area contributed by atoms with E-state index in [-0.39, 0.29) is 18.1 Å². The van der Waals surface area contributed by atoms with Crippen molar-refractivity contribution in [1.29, 1.82) is 0 Å². The van der Waals surface area contributed by atoms with Gasteiger partial charge in [0.25, 0.3) is 5.91 Å². The van der Waals surface area contributed by atoms with Gasteiger partial charge in [-0.25, -0.2) is 4.98 Å². The number of carbonyl (C=O) groups excluding carboxylic acids is 1. The molecule has 1 aliphatic rings. The van der Waals surface area contributed by atoms with E-state index in [1.807, 2.05) is 32.0 Å². The van der Waals surface area contributed by atoms with Crippen molar-refractivity contribution >= 4 is 11.6 Å². The highest BCUT2D eigenvalue weighted by atomic mass is 16.5. The van der Waals surface area contributed by atoms with Crippen molar-refractivity contribution in [3.05, 3.63) is 53.2 Å². The fourth-order valence-corrected chi connectivity index (χ4v) is 3.03. The van der Waals surface area contributed by atoms with Gasteiger partial charge < -0.3 is 20.1 Å². The van der Waals surface area contributed by atoms with E-state index < -0.39 is 0 Å². The maximum Gasteiger partial charge on any atom is 0.254 e. The number of benzene rings is 1. The second-order valence-electron chi connectivity index (χ2n) is 6.39. The zero-order valence-electron chi connectivity index (χ0n) is 14.7. The SMILES string of the molecule is COC1CN(C(=O)c2cc(C)ccc2C)CC1Oc1cc(N)ccn1. The number of likely N-dealkylation sites (tertiary alicyclic amines) is 1. The lowest BCUT2D eigenvalue weighted by Gasteiger charge is -2.18. The number of rotatable bonds is 4. The summed E-state index contributed by atoms with van der Waals surface area (Å²) in [4.78, 5) is 18.8. The van der Waals surface area contributed by atoms with Crippen molar-refractivity contribution in [3.63, 3.8) is 0 Å². The molecule has 3 rings (SSSR count). The fraction of sp³-hybridized carbons (Fsp3) is 0.368. The molecular formula is C19H23N3O3. The van der Waals surface area contributed by atoms with E-state index in [1.54, 1.807) is 30.3 Å². The molecule has 1 amide bonds. The Hall–Kier alpha value is -2.60. The number of aromatic nitrogens is 1. The smallest absolute Gasteiger partial charge is 0.254 e.